The van der Waals surface area contributed by atoms with E-state index in [1.54, 1.807) is 0 Å². The van der Waals surface area contributed by atoms with Gasteiger partial charge < -0.3 is 15.0 Å². The Bertz CT molecular complexity index is 227. The second-order valence-corrected chi connectivity index (χ2v) is 6.52. The van der Waals surface area contributed by atoms with Crippen LogP contribution in [0.25, 0.3) is 0 Å². The predicted octanol–water partition coefficient (Wildman–Crippen LogP) is 1.98. The minimum Gasteiger partial charge on any atom is -0.381 e. The van der Waals surface area contributed by atoms with Gasteiger partial charge >= 0.3 is 0 Å². The summed E-state index contributed by atoms with van der Waals surface area (Å²) in [5, 5.41) is 3.60. The number of nitrogens with zero attached hydrogens (tertiary/aromatic N) is 1. The average Bonchev–Trinajstić information content (AvgIpc) is 2.78. The summed E-state index contributed by atoms with van der Waals surface area (Å²) in [5.41, 5.74) is 0. The van der Waals surface area contributed by atoms with E-state index in [-0.39, 0.29) is 0 Å². The molecule has 0 bridgehead atoms. The summed E-state index contributed by atoms with van der Waals surface area (Å²) in [6.45, 7) is 12.8. The number of likely N-dealkylation sites (tertiary alicyclic amines) is 1. The van der Waals surface area contributed by atoms with Gasteiger partial charge in [-0.1, -0.05) is 13.8 Å². The molecule has 2 heterocycles. The van der Waals surface area contributed by atoms with Crippen LogP contribution in [0.3, 0.4) is 0 Å². The van der Waals surface area contributed by atoms with Crippen LogP contribution in [0.2, 0.25) is 0 Å². The maximum absolute atomic E-state index is 5.43. The van der Waals surface area contributed by atoms with Gasteiger partial charge in [-0.05, 0) is 56.7 Å². The molecule has 0 aliphatic carbocycles. The fourth-order valence-corrected chi connectivity index (χ4v) is 3.12. The fourth-order valence-electron chi connectivity index (χ4n) is 3.12. The van der Waals surface area contributed by atoms with E-state index in [1.165, 1.54) is 45.4 Å². The molecule has 0 spiro atoms. The standard InChI is InChI=1S/C15H30N2O/c1-13(2)9-16-10-15-3-6-17(12-15)11-14-4-7-18-8-5-14/h13-16H,3-12H2,1-2H3. The van der Waals surface area contributed by atoms with Crippen molar-refractivity contribution < 1.29 is 4.74 Å². The first kappa shape index (κ1) is 14.3. The maximum Gasteiger partial charge on any atom is 0.0469 e. The average molecular weight is 254 g/mol. The van der Waals surface area contributed by atoms with Crippen LogP contribution in [-0.4, -0.2) is 50.8 Å². The van der Waals surface area contributed by atoms with Crippen LogP contribution in [0.5, 0.6) is 0 Å². The predicted molar refractivity (Wildman–Crippen MR) is 75.8 cm³/mol. The first-order chi connectivity index (χ1) is 8.74. The molecule has 3 heteroatoms. The normalized spacial score (nSPS) is 27.2. The first-order valence-corrected chi connectivity index (χ1v) is 7.75. The highest BCUT2D eigenvalue weighted by molar-refractivity contribution is 4.79. The molecule has 0 radical (unpaired) electrons. The molecule has 0 amide bonds. The van der Waals surface area contributed by atoms with Crippen molar-refractivity contribution in [2.24, 2.45) is 17.8 Å². The second kappa shape index (κ2) is 7.46. The molecular weight excluding hydrogens is 224 g/mol. The van der Waals surface area contributed by atoms with E-state index in [2.05, 4.69) is 24.1 Å². The summed E-state index contributed by atoms with van der Waals surface area (Å²) in [7, 11) is 0. The Balaban J connectivity index is 1.59. The zero-order valence-electron chi connectivity index (χ0n) is 12.2. The Morgan fingerprint density at radius 3 is 2.67 bits per heavy atom. The van der Waals surface area contributed by atoms with Gasteiger partial charge in [0, 0.05) is 26.3 Å². The Morgan fingerprint density at radius 1 is 1.17 bits per heavy atom. The molecule has 0 saturated carbocycles. The summed E-state index contributed by atoms with van der Waals surface area (Å²) in [4.78, 5) is 2.68. The minimum absolute atomic E-state index is 0.768. The maximum atomic E-state index is 5.43. The molecule has 2 saturated heterocycles. The molecular formula is C15H30N2O. The van der Waals surface area contributed by atoms with Crippen molar-refractivity contribution in [2.45, 2.75) is 33.1 Å². The minimum atomic E-state index is 0.768. The van der Waals surface area contributed by atoms with Crippen molar-refractivity contribution >= 4 is 0 Å². The van der Waals surface area contributed by atoms with E-state index in [0.29, 0.717) is 0 Å². The Kier molecular flexibility index (Phi) is 5.93. The van der Waals surface area contributed by atoms with Crippen molar-refractivity contribution in [1.82, 2.24) is 10.2 Å². The van der Waals surface area contributed by atoms with Crippen LogP contribution in [0, 0.1) is 17.8 Å². The van der Waals surface area contributed by atoms with E-state index < -0.39 is 0 Å². The molecule has 18 heavy (non-hydrogen) atoms. The van der Waals surface area contributed by atoms with Gasteiger partial charge in [0.1, 0.15) is 0 Å². The lowest BCUT2D eigenvalue weighted by Crippen LogP contribution is -2.32. The largest absolute Gasteiger partial charge is 0.381 e. The first-order valence-electron chi connectivity index (χ1n) is 7.75. The smallest absolute Gasteiger partial charge is 0.0469 e. The zero-order chi connectivity index (χ0) is 12.8. The lowest BCUT2D eigenvalue weighted by molar-refractivity contribution is 0.0551. The van der Waals surface area contributed by atoms with E-state index in [9.17, 15) is 0 Å². The quantitative estimate of drug-likeness (QED) is 0.784. The van der Waals surface area contributed by atoms with E-state index in [4.69, 9.17) is 4.74 Å². The number of rotatable bonds is 6. The summed E-state index contributed by atoms with van der Waals surface area (Å²) in [6, 6.07) is 0. The topological polar surface area (TPSA) is 24.5 Å². The van der Waals surface area contributed by atoms with Crippen molar-refractivity contribution in [3.05, 3.63) is 0 Å². The lowest BCUT2D eigenvalue weighted by Gasteiger charge is -2.27. The van der Waals surface area contributed by atoms with Crippen LogP contribution < -0.4 is 5.32 Å². The van der Waals surface area contributed by atoms with Crippen molar-refractivity contribution in [2.75, 3.05) is 45.9 Å². The molecule has 2 aliphatic rings. The Morgan fingerprint density at radius 2 is 1.94 bits per heavy atom. The third-order valence-electron chi connectivity index (χ3n) is 4.21. The third kappa shape index (κ3) is 4.87. The molecule has 0 aromatic heterocycles. The van der Waals surface area contributed by atoms with Crippen LogP contribution in [0.1, 0.15) is 33.1 Å². The van der Waals surface area contributed by atoms with Crippen LogP contribution in [-0.2, 0) is 4.74 Å². The molecule has 1 N–H and O–H groups in total. The highest BCUT2D eigenvalue weighted by Gasteiger charge is 2.25. The summed E-state index contributed by atoms with van der Waals surface area (Å²) >= 11 is 0. The molecule has 2 aliphatic heterocycles. The Labute approximate surface area is 112 Å². The van der Waals surface area contributed by atoms with Crippen LogP contribution in [0.4, 0.5) is 0 Å². The lowest BCUT2D eigenvalue weighted by atomic mass is 10.00. The molecule has 2 rings (SSSR count). The third-order valence-corrected chi connectivity index (χ3v) is 4.21. The number of nitrogens with one attached hydrogen (secondary N) is 1. The van der Waals surface area contributed by atoms with Crippen LogP contribution >= 0.6 is 0 Å². The molecule has 0 aromatic carbocycles. The monoisotopic (exact) mass is 254 g/mol. The molecule has 106 valence electrons. The van der Waals surface area contributed by atoms with Gasteiger partial charge in [-0.25, -0.2) is 0 Å². The summed E-state index contributed by atoms with van der Waals surface area (Å²) in [6.07, 6.45) is 3.92. The van der Waals surface area contributed by atoms with Gasteiger partial charge in [0.25, 0.3) is 0 Å². The fraction of sp³-hybridized carbons (Fsp3) is 1.00. The summed E-state index contributed by atoms with van der Waals surface area (Å²) in [5.74, 6) is 2.54. The molecule has 3 nitrogen and oxygen atoms in total. The zero-order valence-corrected chi connectivity index (χ0v) is 12.2. The van der Waals surface area contributed by atoms with Gasteiger partial charge in [0.05, 0.1) is 0 Å². The van der Waals surface area contributed by atoms with Gasteiger partial charge in [-0.3, -0.25) is 0 Å². The van der Waals surface area contributed by atoms with Crippen molar-refractivity contribution in [3.8, 4) is 0 Å². The Hall–Kier alpha value is -0.120. The van der Waals surface area contributed by atoms with Crippen molar-refractivity contribution in [1.29, 1.82) is 0 Å². The molecule has 1 unspecified atom stereocenters. The highest BCUT2D eigenvalue weighted by Crippen LogP contribution is 2.21. The van der Waals surface area contributed by atoms with E-state index in [0.717, 1.165) is 37.5 Å². The van der Waals surface area contributed by atoms with Gasteiger partial charge in [-0.15, -0.1) is 0 Å². The number of hydrogen-bond donors (Lipinski definition) is 1. The van der Waals surface area contributed by atoms with Gasteiger partial charge in [-0.2, -0.15) is 0 Å². The SMILES string of the molecule is CC(C)CNCC1CCN(CC2CCOCC2)C1. The second-order valence-electron chi connectivity index (χ2n) is 6.52. The van der Waals surface area contributed by atoms with E-state index in [1.807, 2.05) is 0 Å². The number of ether oxygens (including phenoxy) is 1. The van der Waals surface area contributed by atoms with Gasteiger partial charge in [0.2, 0.25) is 0 Å². The number of hydrogen-bond acceptors (Lipinski definition) is 3. The van der Waals surface area contributed by atoms with Crippen LogP contribution in [0.15, 0.2) is 0 Å². The molecule has 1 atom stereocenters. The van der Waals surface area contributed by atoms with E-state index >= 15 is 0 Å². The molecule has 0 aromatic rings. The van der Waals surface area contributed by atoms with Crippen molar-refractivity contribution in [3.63, 3.8) is 0 Å². The molecule has 2 fully saturated rings. The van der Waals surface area contributed by atoms with Gasteiger partial charge in [0.15, 0.2) is 0 Å². The summed E-state index contributed by atoms with van der Waals surface area (Å²) < 4.78 is 5.43. The highest BCUT2D eigenvalue weighted by atomic mass is 16.5.